The van der Waals surface area contributed by atoms with E-state index in [4.69, 9.17) is 0 Å². The van der Waals surface area contributed by atoms with E-state index in [1.807, 2.05) is 25.2 Å². The van der Waals surface area contributed by atoms with Crippen LogP contribution in [0.5, 0.6) is 0 Å². The summed E-state index contributed by atoms with van der Waals surface area (Å²) in [6, 6.07) is 0. The second kappa shape index (κ2) is 22.8. The van der Waals surface area contributed by atoms with Gasteiger partial charge in [-0.15, -0.1) is 19.7 Å². The first-order valence-electron chi connectivity index (χ1n) is 7.57. The van der Waals surface area contributed by atoms with Crippen molar-refractivity contribution in [3.05, 3.63) is 61.3 Å². The molecule has 0 aromatic heterocycles. The van der Waals surface area contributed by atoms with Crippen LogP contribution in [0.1, 0.15) is 66.7 Å². The average molecular weight is 277 g/mol. The first-order chi connectivity index (χ1) is 9.49. The van der Waals surface area contributed by atoms with Crippen molar-refractivity contribution in [2.75, 3.05) is 0 Å². The molecule has 20 heavy (non-hydrogen) atoms. The molecule has 0 saturated carbocycles. The van der Waals surface area contributed by atoms with Crippen molar-refractivity contribution in [2.24, 2.45) is 0 Å². The second-order valence-electron chi connectivity index (χ2n) is 4.86. The van der Waals surface area contributed by atoms with E-state index in [1.54, 1.807) is 0 Å². The van der Waals surface area contributed by atoms with Gasteiger partial charge in [0.1, 0.15) is 0 Å². The van der Waals surface area contributed by atoms with Crippen LogP contribution in [-0.4, -0.2) is 0 Å². The Bertz CT molecular complexity index is 272. The highest BCUT2D eigenvalue weighted by Gasteiger charge is 1.76. The third kappa shape index (κ3) is 36.0. The molecule has 0 saturated heterocycles. The van der Waals surface area contributed by atoms with Crippen molar-refractivity contribution in [3.8, 4) is 0 Å². The molecule has 0 heteroatoms. The Labute approximate surface area is 128 Å². The molecule has 0 fully saturated rings. The Hall–Kier alpha value is -1.30. The van der Waals surface area contributed by atoms with Crippen LogP contribution >= 0.6 is 0 Å². The van der Waals surface area contributed by atoms with Crippen LogP contribution in [0.3, 0.4) is 0 Å². The van der Waals surface area contributed by atoms with E-state index >= 15 is 0 Å². The molecule has 0 rings (SSSR count). The lowest BCUT2D eigenvalue weighted by Crippen LogP contribution is -1.66. The zero-order valence-corrected chi connectivity index (χ0v) is 14.5. The first-order valence-corrected chi connectivity index (χ1v) is 7.57. The lowest BCUT2D eigenvalue weighted by atomic mass is 10.2. The zero-order chi connectivity index (χ0) is 16.2. The van der Waals surface area contributed by atoms with Crippen molar-refractivity contribution in [1.82, 2.24) is 0 Å². The second-order valence-corrected chi connectivity index (χ2v) is 4.86. The van der Waals surface area contributed by atoms with Gasteiger partial charge in [-0.2, -0.15) is 0 Å². The van der Waals surface area contributed by atoms with Gasteiger partial charge in [0.25, 0.3) is 0 Å². The summed E-state index contributed by atoms with van der Waals surface area (Å²) in [4.78, 5) is 0. The Morgan fingerprint density at radius 2 is 1.55 bits per heavy atom. The van der Waals surface area contributed by atoms with E-state index in [0.717, 1.165) is 12.8 Å². The van der Waals surface area contributed by atoms with Gasteiger partial charge in [0.05, 0.1) is 0 Å². The molecule has 116 valence electrons. The maximum Gasteiger partial charge on any atom is -0.0144 e. The molecule has 0 amide bonds. The molecule has 0 unspecified atom stereocenters. The normalized spacial score (nSPS) is 9.15. The first kappa shape index (κ1) is 23.8. The Balaban J connectivity index is -0.000000218. The van der Waals surface area contributed by atoms with Crippen LogP contribution in [0.15, 0.2) is 61.3 Å². The van der Waals surface area contributed by atoms with Gasteiger partial charge in [-0.3, -0.25) is 0 Å². The smallest absolute Gasteiger partial charge is 0.0144 e. The van der Waals surface area contributed by atoms with Crippen LogP contribution in [0.25, 0.3) is 0 Å². The van der Waals surface area contributed by atoms with Gasteiger partial charge in [0, 0.05) is 0 Å². The van der Waals surface area contributed by atoms with Gasteiger partial charge in [0.15, 0.2) is 0 Å². The van der Waals surface area contributed by atoms with Crippen LogP contribution < -0.4 is 0 Å². The van der Waals surface area contributed by atoms with E-state index in [-0.39, 0.29) is 0 Å². The molecule has 0 aromatic rings. The fraction of sp³-hybridized carbons (Fsp3) is 0.500. The van der Waals surface area contributed by atoms with Gasteiger partial charge in [0.2, 0.25) is 0 Å². The molecule has 0 nitrogen and oxygen atoms in total. The van der Waals surface area contributed by atoms with E-state index < -0.39 is 0 Å². The molecule has 0 bridgehead atoms. The van der Waals surface area contributed by atoms with Gasteiger partial charge < -0.3 is 0 Å². The minimum atomic E-state index is 1.00. The molecular formula is C20H36. The maximum atomic E-state index is 3.61. The minimum absolute atomic E-state index is 1.00. The molecular weight excluding hydrogens is 240 g/mol. The van der Waals surface area contributed by atoms with E-state index in [0.29, 0.717) is 0 Å². The molecule has 0 N–H and O–H groups in total. The van der Waals surface area contributed by atoms with Crippen molar-refractivity contribution in [3.63, 3.8) is 0 Å². The van der Waals surface area contributed by atoms with Crippen molar-refractivity contribution < 1.29 is 0 Å². The quantitative estimate of drug-likeness (QED) is 0.335. The number of hydrogen-bond acceptors (Lipinski definition) is 0. The van der Waals surface area contributed by atoms with E-state index in [9.17, 15) is 0 Å². The predicted octanol–water partition coefficient (Wildman–Crippen LogP) is 7.42. The SMILES string of the molecule is C=CCC(C)=CC.C=CCC=C(C)C.C=CCCCC. The largest absolute Gasteiger partial charge is 0.103 e. The molecule has 0 aliphatic carbocycles. The molecule has 0 aliphatic rings. The zero-order valence-electron chi connectivity index (χ0n) is 14.5. The molecule has 0 radical (unpaired) electrons. The predicted molar refractivity (Wildman–Crippen MR) is 98.2 cm³/mol. The molecule has 0 heterocycles. The topological polar surface area (TPSA) is 0 Å². The molecule has 0 aromatic carbocycles. The van der Waals surface area contributed by atoms with Crippen LogP contribution in [0.2, 0.25) is 0 Å². The van der Waals surface area contributed by atoms with Crippen LogP contribution in [0.4, 0.5) is 0 Å². The summed E-state index contributed by atoms with van der Waals surface area (Å²) >= 11 is 0. The van der Waals surface area contributed by atoms with E-state index in [2.05, 4.69) is 59.6 Å². The fourth-order valence-corrected chi connectivity index (χ4v) is 1.01. The molecule has 0 aliphatic heterocycles. The summed E-state index contributed by atoms with van der Waals surface area (Å²) in [5.41, 5.74) is 2.75. The number of hydrogen-bond donors (Lipinski definition) is 0. The maximum absolute atomic E-state index is 3.61. The summed E-state index contributed by atoms with van der Waals surface area (Å²) in [7, 11) is 0. The lowest BCUT2D eigenvalue weighted by molar-refractivity contribution is 0.816. The Morgan fingerprint density at radius 1 is 0.950 bits per heavy atom. The summed E-state index contributed by atoms with van der Waals surface area (Å²) in [6.45, 7) is 21.3. The van der Waals surface area contributed by atoms with Gasteiger partial charge in [-0.25, -0.2) is 0 Å². The average Bonchev–Trinajstić information content (AvgIpc) is 2.44. The minimum Gasteiger partial charge on any atom is -0.103 e. The Kier molecular flexibility index (Phi) is 27.1. The number of allylic oxidation sites excluding steroid dienone is 7. The molecule has 0 atom stereocenters. The van der Waals surface area contributed by atoms with Gasteiger partial charge in [-0.05, 0) is 47.0 Å². The van der Waals surface area contributed by atoms with Crippen molar-refractivity contribution >= 4 is 0 Å². The monoisotopic (exact) mass is 276 g/mol. The third-order valence-electron chi connectivity index (χ3n) is 2.41. The summed E-state index contributed by atoms with van der Waals surface area (Å²) in [6.07, 6.45) is 15.8. The highest BCUT2D eigenvalue weighted by molar-refractivity contribution is 5.00. The third-order valence-corrected chi connectivity index (χ3v) is 2.41. The van der Waals surface area contributed by atoms with Gasteiger partial charge >= 0.3 is 0 Å². The van der Waals surface area contributed by atoms with Gasteiger partial charge in [-0.1, -0.05) is 61.3 Å². The van der Waals surface area contributed by atoms with Crippen LogP contribution in [0, 0.1) is 0 Å². The number of rotatable bonds is 7. The van der Waals surface area contributed by atoms with Crippen molar-refractivity contribution in [2.45, 2.75) is 66.7 Å². The van der Waals surface area contributed by atoms with E-state index in [1.165, 1.54) is 30.4 Å². The standard InChI is InChI=1S/2C7H12.C6H12/c1-4-5-6-7(2)3;1-4-6-7(3)5-2;1-3-5-6-4-2/h4,6H,1,5H2,2-3H3;4-5H,1,6H2,2-3H3;3H,1,4-6H2,2H3. The lowest BCUT2D eigenvalue weighted by Gasteiger charge is -1.87. The Morgan fingerprint density at radius 3 is 1.70 bits per heavy atom. The molecule has 0 spiro atoms. The summed E-state index contributed by atoms with van der Waals surface area (Å²) < 4.78 is 0. The summed E-state index contributed by atoms with van der Waals surface area (Å²) in [5, 5.41) is 0. The fourth-order valence-electron chi connectivity index (χ4n) is 1.01. The summed E-state index contributed by atoms with van der Waals surface area (Å²) in [5.74, 6) is 0. The number of unbranched alkanes of at least 4 members (excludes halogenated alkanes) is 2. The van der Waals surface area contributed by atoms with Crippen molar-refractivity contribution in [1.29, 1.82) is 0 Å². The highest BCUT2D eigenvalue weighted by Crippen LogP contribution is 1.97. The highest BCUT2D eigenvalue weighted by atomic mass is 13.8. The van der Waals surface area contributed by atoms with Crippen LogP contribution in [-0.2, 0) is 0 Å².